The SMILES string of the molecule is C=C(CC)CC(O)c1cc(C)cc(Br)c1. The molecular weight excluding hydrogens is 252 g/mol. The second kappa shape index (κ2) is 5.47. The summed E-state index contributed by atoms with van der Waals surface area (Å²) >= 11 is 3.43. The Kier molecular flexibility index (Phi) is 4.55. The van der Waals surface area contributed by atoms with Crippen LogP contribution in [0.25, 0.3) is 0 Å². The minimum atomic E-state index is -0.436. The van der Waals surface area contributed by atoms with Crippen molar-refractivity contribution in [2.45, 2.75) is 32.8 Å². The van der Waals surface area contributed by atoms with Gasteiger partial charge in [0.2, 0.25) is 0 Å². The molecule has 0 fully saturated rings. The first-order valence-electron chi connectivity index (χ1n) is 5.14. The molecule has 0 radical (unpaired) electrons. The average molecular weight is 269 g/mol. The normalized spacial score (nSPS) is 12.5. The standard InChI is InChI=1S/C13H17BrO/c1-4-9(2)7-13(15)11-5-10(3)6-12(14)8-11/h5-6,8,13,15H,2,4,7H2,1,3H3. The molecule has 2 heteroatoms. The van der Waals surface area contributed by atoms with Gasteiger partial charge >= 0.3 is 0 Å². The van der Waals surface area contributed by atoms with Crippen molar-refractivity contribution >= 4 is 15.9 Å². The van der Waals surface area contributed by atoms with E-state index in [2.05, 4.69) is 29.4 Å². The predicted octanol–water partition coefficient (Wildman–Crippen LogP) is 4.15. The quantitative estimate of drug-likeness (QED) is 0.814. The summed E-state index contributed by atoms with van der Waals surface area (Å²) in [6.07, 6.45) is 1.13. The lowest BCUT2D eigenvalue weighted by Crippen LogP contribution is -1.99. The van der Waals surface area contributed by atoms with Crippen LogP contribution in [0.3, 0.4) is 0 Å². The minimum Gasteiger partial charge on any atom is -0.388 e. The van der Waals surface area contributed by atoms with E-state index in [1.165, 1.54) is 0 Å². The van der Waals surface area contributed by atoms with Gasteiger partial charge in [0, 0.05) is 4.47 Å². The number of benzene rings is 1. The van der Waals surface area contributed by atoms with E-state index in [0.29, 0.717) is 6.42 Å². The smallest absolute Gasteiger partial charge is 0.0827 e. The zero-order valence-electron chi connectivity index (χ0n) is 9.26. The summed E-state index contributed by atoms with van der Waals surface area (Å²) in [5, 5.41) is 9.99. The van der Waals surface area contributed by atoms with Crippen LogP contribution in [0, 0.1) is 6.92 Å². The lowest BCUT2D eigenvalue weighted by Gasteiger charge is -2.13. The van der Waals surface area contributed by atoms with Crippen LogP contribution < -0.4 is 0 Å². The summed E-state index contributed by atoms with van der Waals surface area (Å²) in [6.45, 7) is 7.99. The van der Waals surface area contributed by atoms with E-state index in [1.807, 2.05) is 25.1 Å². The van der Waals surface area contributed by atoms with Gasteiger partial charge in [0.05, 0.1) is 6.10 Å². The van der Waals surface area contributed by atoms with Crippen molar-refractivity contribution in [3.63, 3.8) is 0 Å². The van der Waals surface area contributed by atoms with E-state index < -0.39 is 6.10 Å². The second-order valence-corrected chi connectivity index (χ2v) is 4.80. The monoisotopic (exact) mass is 268 g/mol. The minimum absolute atomic E-state index is 0.436. The molecule has 0 aliphatic carbocycles. The van der Waals surface area contributed by atoms with Gasteiger partial charge in [-0.1, -0.05) is 41.1 Å². The molecule has 0 heterocycles. The van der Waals surface area contributed by atoms with Gasteiger partial charge < -0.3 is 5.11 Å². The summed E-state index contributed by atoms with van der Waals surface area (Å²) in [5.74, 6) is 0. The van der Waals surface area contributed by atoms with E-state index in [1.54, 1.807) is 0 Å². The van der Waals surface area contributed by atoms with Gasteiger partial charge in [0.25, 0.3) is 0 Å². The van der Waals surface area contributed by atoms with Crippen molar-refractivity contribution in [2.75, 3.05) is 0 Å². The van der Waals surface area contributed by atoms with Crippen LogP contribution in [0.1, 0.15) is 37.0 Å². The molecule has 82 valence electrons. The van der Waals surface area contributed by atoms with Crippen LogP contribution in [0.2, 0.25) is 0 Å². The third-order valence-electron chi connectivity index (χ3n) is 2.43. The van der Waals surface area contributed by atoms with Gasteiger partial charge in [-0.2, -0.15) is 0 Å². The first kappa shape index (κ1) is 12.5. The Labute approximate surface area is 100.0 Å². The maximum atomic E-state index is 9.99. The fourth-order valence-electron chi connectivity index (χ4n) is 1.49. The van der Waals surface area contributed by atoms with Gasteiger partial charge in [0.15, 0.2) is 0 Å². The number of aliphatic hydroxyl groups is 1. The summed E-state index contributed by atoms with van der Waals surface area (Å²) in [6, 6.07) is 6.00. The molecule has 1 unspecified atom stereocenters. The molecular formula is C13H17BrO. The number of rotatable bonds is 4. The lowest BCUT2D eigenvalue weighted by molar-refractivity contribution is 0.177. The molecule has 1 atom stereocenters. The van der Waals surface area contributed by atoms with E-state index >= 15 is 0 Å². The third kappa shape index (κ3) is 3.80. The highest BCUT2D eigenvalue weighted by Crippen LogP contribution is 2.25. The molecule has 0 aliphatic heterocycles. The number of hydrogen-bond donors (Lipinski definition) is 1. The van der Waals surface area contributed by atoms with Gasteiger partial charge in [0.1, 0.15) is 0 Å². The van der Waals surface area contributed by atoms with Crippen LogP contribution >= 0.6 is 15.9 Å². The van der Waals surface area contributed by atoms with Crippen LogP contribution in [0.15, 0.2) is 34.8 Å². The van der Waals surface area contributed by atoms with Crippen LogP contribution in [-0.2, 0) is 0 Å². The van der Waals surface area contributed by atoms with Gasteiger partial charge in [-0.25, -0.2) is 0 Å². The molecule has 0 spiro atoms. The van der Waals surface area contributed by atoms with Crippen LogP contribution in [-0.4, -0.2) is 5.11 Å². The first-order chi connectivity index (χ1) is 7.02. The maximum absolute atomic E-state index is 9.99. The molecule has 15 heavy (non-hydrogen) atoms. The van der Waals surface area contributed by atoms with Crippen LogP contribution in [0.4, 0.5) is 0 Å². The second-order valence-electron chi connectivity index (χ2n) is 3.89. The van der Waals surface area contributed by atoms with Crippen molar-refractivity contribution in [2.24, 2.45) is 0 Å². The number of hydrogen-bond acceptors (Lipinski definition) is 1. The molecule has 1 aromatic rings. The Balaban J connectivity index is 2.81. The molecule has 0 aliphatic rings. The molecule has 0 saturated heterocycles. The van der Waals surface area contributed by atoms with E-state index in [-0.39, 0.29) is 0 Å². The lowest BCUT2D eigenvalue weighted by atomic mass is 10.00. The van der Waals surface area contributed by atoms with Crippen molar-refractivity contribution < 1.29 is 5.11 Å². The molecule has 0 saturated carbocycles. The van der Waals surface area contributed by atoms with Crippen LogP contribution in [0.5, 0.6) is 0 Å². The first-order valence-corrected chi connectivity index (χ1v) is 5.94. The van der Waals surface area contributed by atoms with Gasteiger partial charge in [-0.3, -0.25) is 0 Å². The molecule has 1 nitrogen and oxygen atoms in total. The Bertz CT molecular complexity index is 337. The Hall–Kier alpha value is -0.600. The van der Waals surface area contributed by atoms with E-state index in [0.717, 1.165) is 27.6 Å². The molecule has 1 aromatic carbocycles. The van der Waals surface area contributed by atoms with Crippen molar-refractivity contribution in [3.05, 3.63) is 46.0 Å². The largest absolute Gasteiger partial charge is 0.388 e. The zero-order chi connectivity index (χ0) is 11.4. The highest BCUT2D eigenvalue weighted by Gasteiger charge is 2.09. The van der Waals surface area contributed by atoms with Gasteiger partial charge in [-0.05, 0) is 43.0 Å². The summed E-state index contributed by atoms with van der Waals surface area (Å²) in [5.41, 5.74) is 3.19. The molecule has 1 rings (SSSR count). The Morgan fingerprint density at radius 2 is 2.13 bits per heavy atom. The Morgan fingerprint density at radius 3 is 2.67 bits per heavy atom. The molecule has 0 bridgehead atoms. The highest BCUT2D eigenvalue weighted by atomic mass is 79.9. The zero-order valence-corrected chi connectivity index (χ0v) is 10.8. The molecule has 1 N–H and O–H groups in total. The molecule has 0 amide bonds. The van der Waals surface area contributed by atoms with E-state index in [9.17, 15) is 5.11 Å². The summed E-state index contributed by atoms with van der Waals surface area (Å²) in [7, 11) is 0. The fraction of sp³-hybridized carbons (Fsp3) is 0.385. The van der Waals surface area contributed by atoms with Crippen molar-refractivity contribution in [3.8, 4) is 0 Å². The summed E-state index contributed by atoms with van der Waals surface area (Å²) < 4.78 is 1.01. The number of aliphatic hydroxyl groups excluding tert-OH is 1. The van der Waals surface area contributed by atoms with Crippen molar-refractivity contribution in [1.29, 1.82) is 0 Å². The predicted molar refractivity (Wildman–Crippen MR) is 67.9 cm³/mol. The Morgan fingerprint density at radius 1 is 1.47 bits per heavy atom. The third-order valence-corrected chi connectivity index (χ3v) is 2.89. The van der Waals surface area contributed by atoms with E-state index in [4.69, 9.17) is 0 Å². The summed E-state index contributed by atoms with van der Waals surface area (Å²) in [4.78, 5) is 0. The maximum Gasteiger partial charge on any atom is 0.0827 e. The van der Waals surface area contributed by atoms with Crippen molar-refractivity contribution in [1.82, 2.24) is 0 Å². The number of halogens is 1. The topological polar surface area (TPSA) is 20.2 Å². The number of aryl methyl sites for hydroxylation is 1. The fourth-order valence-corrected chi connectivity index (χ4v) is 2.12. The molecule has 0 aromatic heterocycles. The average Bonchev–Trinajstić information content (AvgIpc) is 2.16. The van der Waals surface area contributed by atoms with Gasteiger partial charge in [-0.15, -0.1) is 0 Å². The highest BCUT2D eigenvalue weighted by molar-refractivity contribution is 9.10.